The van der Waals surface area contributed by atoms with Gasteiger partial charge in [-0.15, -0.1) is 0 Å². The minimum atomic E-state index is -0.00799. The Morgan fingerprint density at radius 2 is 2.09 bits per heavy atom. The van der Waals surface area contributed by atoms with Crippen molar-refractivity contribution in [1.82, 2.24) is 10.3 Å². The van der Waals surface area contributed by atoms with Gasteiger partial charge in [-0.3, -0.25) is 9.78 Å². The number of carbonyl (C=O) groups is 1. The van der Waals surface area contributed by atoms with Crippen LogP contribution in [0.1, 0.15) is 24.5 Å². The van der Waals surface area contributed by atoms with E-state index < -0.39 is 0 Å². The molecule has 0 fully saturated rings. The third-order valence-electron chi connectivity index (χ3n) is 2.98. The predicted octanol–water partition coefficient (Wildman–Crippen LogP) is 3.20. The lowest BCUT2D eigenvalue weighted by Crippen LogP contribution is -2.20. The van der Waals surface area contributed by atoms with E-state index in [0.717, 1.165) is 23.3 Å². The molecule has 4 nitrogen and oxygen atoms in total. The maximum absolute atomic E-state index is 10.7. The van der Waals surface area contributed by atoms with Gasteiger partial charge in [0.05, 0.1) is 6.20 Å². The van der Waals surface area contributed by atoms with Crippen LogP contribution in [0.2, 0.25) is 0 Å². The summed E-state index contributed by atoms with van der Waals surface area (Å²) in [5, 5.41) is 2.75. The molecular weight excluding hydrogens is 276 g/mol. The quantitative estimate of drug-likeness (QED) is 0.798. The topological polar surface area (TPSA) is 51.2 Å². The standard InChI is InChI=1S/C18H20N2O2/c1-15(21)20-10-6-5-9-17-11-18(13-19-12-17)22-14-16-7-3-2-4-8-16/h2-5,7-9,11-13H,6,10,14H2,1H3,(H,20,21). The minimum absolute atomic E-state index is 0.00799. The third-order valence-corrected chi connectivity index (χ3v) is 2.98. The van der Waals surface area contributed by atoms with Gasteiger partial charge in [0.1, 0.15) is 12.4 Å². The minimum Gasteiger partial charge on any atom is -0.487 e. The predicted molar refractivity (Wildman–Crippen MR) is 87.3 cm³/mol. The van der Waals surface area contributed by atoms with Crippen LogP contribution in [0.15, 0.2) is 54.9 Å². The summed E-state index contributed by atoms with van der Waals surface area (Å²) in [6, 6.07) is 12.0. The average molecular weight is 296 g/mol. The Balaban J connectivity index is 1.84. The molecule has 1 N–H and O–H groups in total. The SMILES string of the molecule is CC(=O)NCCC=Cc1cncc(OCc2ccccc2)c1. The molecule has 0 aliphatic heterocycles. The van der Waals surface area contributed by atoms with Gasteiger partial charge in [0.2, 0.25) is 5.91 Å². The van der Waals surface area contributed by atoms with Crippen molar-refractivity contribution in [3.8, 4) is 5.75 Å². The number of rotatable bonds is 7. The Bertz CT molecular complexity index is 624. The molecule has 1 aromatic heterocycles. The number of pyridine rings is 1. The zero-order valence-electron chi connectivity index (χ0n) is 12.7. The first-order valence-electron chi connectivity index (χ1n) is 7.27. The molecule has 114 valence electrons. The number of nitrogens with one attached hydrogen (secondary N) is 1. The highest BCUT2D eigenvalue weighted by Gasteiger charge is 1.97. The Kier molecular flexibility index (Phi) is 6.18. The molecule has 2 rings (SSSR count). The smallest absolute Gasteiger partial charge is 0.216 e. The first-order valence-corrected chi connectivity index (χ1v) is 7.27. The highest BCUT2D eigenvalue weighted by atomic mass is 16.5. The molecule has 0 aliphatic carbocycles. The van der Waals surface area contributed by atoms with Crippen molar-refractivity contribution in [2.45, 2.75) is 20.0 Å². The zero-order chi connectivity index (χ0) is 15.6. The number of amides is 1. The Hall–Kier alpha value is -2.62. The van der Waals surface area contributed by atoms with Crippen molar-refractivity contribution in [3.63, 3.8) is 0 Å². The van der Waals surface area contributed by atoms with Gasteiger partial charge in [-0.05, 0) is 23.6 Å². The molecule has 0 bridgehead atoms. The molecule has 0 unspecified atom stereocenters. The zero-order valence-corrected chi connectivity index (χ0v) is 12.7. The molecule has 0 spiro atoms. The van der Waals surface area contributed by atoms with Gasteiger partial charge in [0.25, 0.3) is 0 Å². The van der Waals surface area contributed by atoms with Crippen LogP contribution in [-0.2, 0) is 11.4 Å². The van der Waals surface area contributed by atoms with Crippen molar-refractivity contribution >= 4 is 12.0 Å². The fourth-order valence-electron chi connectivity index (χ4n) is 1.90. The average Bonchev–Trinajstić information content (AvgIpc) is 2.54. The van der Waals surface area contributed by atoms with E-state index in [1.807, 2.05) is 48.6 Å². The van der Waals surface area contributed by atoms with Gasteiger partial charge >= 0.3 is 0 Å². The van der Waals surface area contributed by atoms with Crippen LogP contribution >= 0.6 is 0 Å². The summed E-state index contributed by atoms with van der Waals surface area (Å²) in [4.78, 5) is 14.9. The van der Waals surface area contributed by atoms with Gasteiger partial charge in [0, 0.05) is 19.7 Å². The molecule has 4 heteroatoms. The van der Waals surface area contributed by atoms with Crippen LogP contribution < -0.4 is 10.1 Å². The number of ether oxygens (including phenoxy) is 1. The number of aromatic nitrogens is 1. The third kappa shape index (κ3) is 5.79. The fourth-order valence-corrected chi connectivity index (χ4v) is 1.90. The molecule has 1 heterocycles. The van der Waals surface area contributed by atoms with Gasteiger partial charge in [-0.1, -0.05) is 42.5 Å². The van der Waals surface area contributed by atoms with Crippen LogP contribution in [0.25, 0.3) is 6.08 Å². The lowest BCUT2D eigenvalue weighted by molar-refractivity contribution is -0.118. The highest BCUT2D eigenvalue weighted by molar-refractivity contribution is 5.72. The number of hydrogen-bond donors (Lipinski definition) is 1. The maximum Gasteiger partial charge on any atom is 0.216 e. The lowest BCUT2D eigenvalue weighted by atomic mass is 10.2. The molecule has 22 heavy (non-hydrogen) atoms. The number of benzene rings is 1. The highest BCUT2D eigenvalue weighted by Crippen LogP contribution is 2.14. The second-order valence-corrected chi connectivity index (χ2v) is 4.90. The second kappa shape index (κ2) is 8.62. The van der Waals surface area contributed by atoms with Crippen LogP contribution in [-0.4, -0.2) is 17.4 Å². The summed E-state index contributed by atoms with van der Waals surface area (Å²) >= 11 is 0. The molecule has 0 saturated heterocycles. The normalized spacial score (nSPS) is 10.6. The molecule has 0 atom stereocenters. The molecule has 2 aromatic rings. The summed E-state index contributed by atoms with van der Waals surface area (Å²) in [5.74, 6) is 0.735. The Morgan fingerprint density at radius 3 is 2.86 bits per heavy atom. The summed E-state index contributed by atoms with van der Waals surface area (Å²) in [5.41, 5.74) is 2.10. The van der Waals surface area contributed by atoms with E-state index in [1.54, 1.807) is 12.4 Å². The maximum atomic E-state index is 10.7. The molecular formula is C18H20N2O2. The molecule has 0 aliphatic rings. The summed E-state index contributed by atoms with van der Waals surface area (Å²) in [7, 11) is 0. The van der Waals surface area contributed by atoms with Gasteiger partial charge in [0.15, 0.2) is 0 Å². The van der Waals surface area contributed by atoms with E-state index in [2.05, 4.69) is 10.3 Å². The summed E-state index contributed by atoms with van der Waals surface area (Å²) in [6.07, 6.45) is 8.26. The first kappa shape index (κ1) is 15.8. The van der Waals surface area contributed by atoms with Crippen molar-refractivity contribution in [2.75, 3.05) is 6.54 Å². The van der Waals surface area contributed by atoms with E-state index in [-0.39, 0.29) is 5.91 Å². The van der Waals surface area contributed by atoms with Crippen LogP contribution in [0, 0.1) is 0 Å². The lowest BCUT2D eigenvalue weighted by Gasteiger charge is -2.06. The Morgan fingerprint density at radius 1 is 1.27 bits per heavy atom. The van der Waals surface area contributed by atoms with Gasteiger partial charge in [-0.25, -0.2) is 0 Å². The molecule has 0 saturated carbocycles. The largest absolute Gasteiger partial charge is 0.487 e. The van der Waals surface area contributed by atoms with Crippen molar-refractivity contribution in [1.29, 1.82) is 0 Å². The van der Waals surface area contributed by atoms with Crippen molar-refractivity contribution in [2.24, 2.45) is 0 Å². The fraction of sp³-hybridized carbons (Fsp3) is 0.222. The van der Waals surface area contributed by atoms with E-state index in [4.69, 9.17) is 4.74 Å². The second-order valence-electron chi connectivity index (χ2n) is 4.90. The van der Waals surface area contributed by atoms with Crippen molar-refractivity contribution in [3.05, 3.63) is 66.0 Å². The van der Waals surface area contributed by atoms with Crippen LogP contribution in [0.3, 0.4) is 0 Å². The number of carbonyl (C=O) groups excluding carboxylic acids is 1. The monoisotopic (exact) mass is 296 g/mol. The number of hydrogen-bond acceptors (Lipinski definition) is 3. The van der Waals surface area contributed by atoms with E-state index in [1.165, 1.54) is 6.92 Å². The molecule has 0 radical (unpaired) electrons. The van der Waals surface area contributed by atoms with E-state index in [9.17, 15) is 4.79 Å². The van der Waals surface area contributed by atoms with E-state index >= 15 is 0 Å². The van der Waals surface area contributed by atoms with Crippen LogP contribution in [0.5, 0.6) is 5.75 Å². The van der Waals surface area contributed by atoms with E-state index in [0.29, 0.717) is 13.2 Å². The molecule has 1 aromatic carbocycles. The first-order chi connectivity index (χ1) is 10.7. The number of nitrogens with zero attached hydrogens (tertiary/aromatic N) is 1. The van der Waals surface area contributed by atoms with Gasteiger partial charge in [-0.2, -0.15) is 0 Å². The summed E-state index contributed by atoms with van der Waals surface area (Å²) < 4.78 is 5.74. The summed E-state index contributed by atoms with van der Waals surface area (Å²) in [6.45, 7) is 2.68. The van der Waals surface area contributed by atoms with Gasteiger partial charge < -0.3 is 10.1 Å². The van der Waals surface area contributed by atoms with Crippen molar-refractivity contribution < 1.29 is 9.53 Å². The van der Waals surface area contributed by atoms with Crippen LogP contribution in [0.4, 0.5) is 0 Å². The Labute approximate surface area is 130 Å². The molecule has 1 amide bonds.